The molecule has 0 spiro atoms. The third-order valence-electron chi connectivity index (χ3n) is 1.53. The summed E-state index contributed by atoms with van der Waals surface area (Å²) in [7, 11) is 0. The minimum atomic E-state index is -0.168. The molecule has 0 aromatic heterocycles. The van der Waals surface area contributed by atoms with Gasteiger partial charge in [0.1, 0.15) is 6.04 Å². The van der Waals surface area contributed by atoms with E-state index in [0.717, 1.165) is 19.4 Å². The molecule has 1 saturated heterocycles. The van der Waals surface area contributed by atoms with Crippen LogP contribution in [0.4, 0.5) is 0 Å². The number of hydrazine groups is 2. The van der Waals surface area contributed by atoms with Gasteiger partial charge in [-0.05, 0) is 12.8 Å². The van der Waals surface area contributed by atoms with Gasteiger partial charge in [-0.1, -0.05) is 0 Å². The molecule has 1 heterocycles. The number of hydrogen-bond donors (Lipinski definition) is 4. The normalized spacial score (nSPS) is 23.5. The van der Waals surface area contributed by atoms with Gasteiger partial charge in [0.05, 0.1) is 0 Å². The van der Waals surface area contributed by atoms with Crippen LogP contribution in [0.2, 0.25) is 0 Å². The van der Waals surface area contributed by atoms with E-state index in [0.29, 0.717) is 0 Å². The maximum Gasteiger partial charge on any atom is 0.252 e. The van der Waals surface area contributed by atoms with Gasteiger partial charge in [-0.3, -0.25) is 15.6 Å². The summed E-state index contributed by atoms with van der Waals surface area (Å²) in [6.07, 6.45) is 1.85. The molecular weight excluding hydrogens is 168 g/mol. The molecule has 66 valence electrons. The van der Waals surface area contributed by atoms with E-state index in [-0.39, 0.29) is 24.4 Å². The van der Waals surface area contributed by atoms with E-state index in [1.54, 1.807) is 0 Å². The van der Waals surface area contributed by atoms with Crippen LogP contribution in [-0.2, 0) is 4.79 Å². The predicted octanol–water partition coefficient (Wildman–Crippen LogP) is -1.35. The number of hydrogen-bond acceptors (Lipinski definition) is 4. The molecule has 0 aliphatic carbocycles. The lowest BCUT2D eigenvalue weighted by Gasteiger charge is -2.22. The molecule has 1 amide bonds. The summed E-state index contributed by atoms with van der Waals surface area (Å²) in [5.41, 5.74) is 7.80. The van der Waals surface area contributed by atoms with Gasteiger partial charge in [0.2, 0.25) is 0 Å². The number of amides is 1. The number of carbonyl (C=O) groups excluding carboxylic acids is 1. The van der Waals surface area contributed by atoms with Crippen molar-refractivity contribution in [3.63, 3.8) is 0 Å². The molecule has 0 aromatic carbocycles. The van der Waals surface area contributed by atoms with Crippen LogP contribution < -0.4 is 22.1 Å². The Kier molecular flexibility index (Phi) is 5.14. The summed E-state index contributed by atoms with van der Waals surface area (Å²) in [5.74, 6) is 4.78. The molecule has 1 rings (SSSR count). The van der Waals surface area contributed by atoms with E-state index >= 15 is 0 Å². The van der Waals surface area contributed by atoms with Gasteiger partial charge in [0.25, 0.3) is 5.91 Å². The van der Waals surface area contributed by atoms with Gasteiger partial charge in [0.15, 0.2) is 0 Å². The lowest BCUT2D eigenvalue weighted by atomic mass is 10.1. The third-order valence-corrected chi connectivity index (χ3v) is 1.53. The van der Waals surface area contributed by atoms with Gasteiger partial charge in [-0.25, -0.2) is 11.3 Å². The molecule has 6 heteroatoms. The zero-order valence-corrected chi connectivity index (χ0v) is 6.91. The lowest BCUT2D eigenvalue weighted by molar-refractivity contribution is -0.124. The lowest BCUT2D eigenvalue weighted by Crippen LogP contribution is -2.54. The molecule has 1 unspecified atom stereocenters. The Morgan fingerprint density at radius 3 is 2.82 bits per heavy atom. The molecule has 1 aliphatic rings. The zero-order chi connectivity index (χ0) is 7.40. The monoisotopic (exact) mass is 180 g/mol. The minimum Gasteiger partial charge on any atom is -0.293 e. The summed E-state index contributed by atoms with van der Waals surface area (Å²) in [4.78, 5) is 10.8. The largest absolute Gasteiger partial charge is 0.293 e. The fraction of sp³-hybridized carbons (Fsp3) is 0.800. The molecule has 0 saturated carbocycles. The second-order valence-corrected chi connectivity index (χ2v) is 2.27. The van der Waals surface area contributed by atoms with E-state index < -0.39 is 0 Å². The number of carbonyl (C=O) groups is 1. The van der Waals surface area contributed by atoms with Crippen molar-refractivity contribution in [3.8, 4) is 0 Å². The molecule has 0 radical (unpaired) electrons. The van der Waals surface area contributed by atoms with Gasteiger partial charge >= 0.3 is 0 Å². The molecular formula is C5H13ClN4O. The number of halogens is 1. The maximum atomic E-state index is 10.8. The first-order valence-electron chi connectivity index (χ1n) is 3.33. The highest BCUT2D eigenvalue weighted by atomic mass is 35.5. The molecule has 1 aliphatic heterocycles. The average Bonchev–Trinajstić information content (AvgIpc) is 2.05. The number of nitrogens with two attached hydrogens (primary N) is 1. The van der Waals surface area contributed by atoms with Crippen LogP contribution in [0, 0.1) is 0 Å². The Morgan fingerprint density at radius 1 is 1.64 bits per heavy atom. The maximum absolute atomic E-state index is 10.8. The molecule has 0 bridgehead atoms. The van der Waals surface area contributed by atoms with E-state index in [1.807, 2.05) is 0 Å². The van der Waals surface area contributed by atoms with E-state index in [9.17, 15) is 4.79 Å². The van der Waals surface area contributed by atoms with Crippen LogP contribution in [-0.4, -0.2) is 18.5 Å². The van der Waals surface area contributed by atoms with Crippen molar-refractivity contribution < 1.29 is 4.79 Å². The minimum absolute atomic E-state index is 0. The van der Waals surface area contributed by atoms with Crippen molar-refractivity contribution in [2.45, 2.75) is 18.9 Å². The molecule has 1 fully saturated rings. The Hall–Kier alpha value is -0.360. The standard InChI is InChI=1S/C5H12N4O.ClH/c6-8-5(10)4-2-1-3-7-9-4;/h4,7,9H,1-3,6H2,(H,8,10);1H. The van der Waals surface area contributed by atoms with Crippen molar-refractivity contribution in [1.29, 1.82) is 0 Å². The number of nitrogens with one attached hydrogen (secondary N) is 3. The second-order valence-electron chi connectivity index (χ2n) is 2.27. The van der Waals surface area contributed by atoms with E-state index in [2.05, 4.69) is 16.3 Å². The summed E-state index contributed by atoms with van der Waals surface area (Å²) >= 11 is 0. The van der Waals surface area contributed by atoms with Crippen molar-refractivity contribution in [3.05, 3.63) is 0 Å². The predicted molar refractivity (Wildman–Crippen MR) is 43.7 cm³/mol. The van der Waals surface area contributed by atoms with Gasteiger partial charge in [0, 0.05) is 6.54 Å². The van der Waals surface area contributed by atoms with Crippen molar-refractivity contribution in [2.24, 2.45) is 5.84 Å². The van der Waals surface area contributed by atoms with Crippen molar-refractivity contribution in [1.82, 2.24) is 16.3 Å². The van der Waals surface area contributed by atoms with Gasteiger partial charge in [-0.2, -0.15) is 0 Å². The van der Waals surface area contributed by atoms with Crippen LogP contribution >= 0.6 is 12.4 Å². The van der Waals surface area contributed by atoms with Crippen molar-refractivity contribution >= 4 is 18.3 Å². The third kappa shape index (κ3) is 3.02. The molecule has 5 N–H and O–H groups in total. The smallest absolute Gasteiger partial charge is 0.252 e. The highest BCUT2D eigenvalue weighted by Crippen LogP contribution is 1.98. The quantitative estimate of drug-likeness (QED) is 0.229. The van der Waals surface area contributed by atoms with Crippen LogP contribution in [0.1, 0.15) is 12.8 Å². The van der Waals surface area contributed by atoms with Gasteiger partial charge in [-0.15, -0.1) is 12.4 Å². The number of rotatable bonds is 1. The second kappa shape index (κ2) is 5.31. The first kappa shape index (κ1) is 10.6. The Balaban J connectivity index is 0.000001000. The van der Waals surface area contributed by atoms with Crippen molar-refractivity contribution in [2.75, 3.05) is 6.54 Å². The van der Waals surface area contributed by atoms with E-state index in [4.69, 9.17) is 5.84 Å². The summed E-state index contributed by atoms with van der Waals surface area (Å²) in [5, 5.41) is 0. The van der Waals surface area contributed by atoms with Crippen LogP contribution in [0.25, 0.3) is 0 Å². The molecule has 11 heavy (non-hydrogen) atoms. The average molecular weight is 181 g/mol. The fourth-order valence-corrected chi connectivity index (χ4v) is 0.959. The summed E-state index contributed by atoms with van der Waals surface area (Å²) in [6, 6.07) is -0.168. The zero-order valence-electron chi connectivity index (χ0n) is 6.09. The Bertz CT molecular complexity index is 126. The highest BCUT2D eigenvalue weighted by Gasteiger charge is 2.18. The van der Waals surface area contributed by atoms with Crippen LogP contribution in [0.3, 0.4) is 0 Å². The Morgan fingerprint density at radius 2 is 2.36 bits per heavy atom. The topological polar surface area (TPSA) is 79.2 Å². The first-order valence-corrected chi connectivity index (χ1v) is 3.33. The molecule has 0 aromatic rings. The highest BCUT2D eigenvalue weighted by molar-refractivity contribution is 5.85. The Labute approximate surface area is 71.4 Å². The van der Waals surface area contributed by atoms with Crippen LogP contribution in [0.15, 0.2) is 0 Å². The first-order chi connectivity index (χ1) is 4.84. The molecule has 1 atom stereocenters. The SMILES string of the molecule is Cl.NNC(=O)C1CCCNN1. The molecule has 5 nitrogen and oxygen atoms in total. The van der Waals surface area contributed by atoms with Gasteiger partial charge < -0.3 is 0 Å². The summed E-state index contributed by atoms with van der Waals surface area (Å²) in [6.45, 7) is 0.911. The summed E-state index contributed by atoms with van der Waals surface area (Å²) < 4.78 is 0. The fourth-order valence-electron chi connectivity index (χ4n) is 0.959. The van der Waals surface area contributed by atoms with Crippen LogP contribution in [0.5, 0.6) is 0 Å². The van der Waals surface area contributed by atoms with E-state index in [1.165, 1.54) is 0 Å².